The summed E-state index contributed by atoms with van der Waals surface area (Å²) in [7, 11) is 2.24. The van der Waals surface area contributed by atoms with Crippen LogP contribution in [0.4, 0.5) is 0 Å². The predicted octanol–water partition coefficient (Wildman–Crippen LogP) is 1.92. The van der Waals surface area contributed by atoms with Crippen LogP contribution >= 0.6 is 11.8 Å². The Labute approximate surface area is 139 Å². The molecule has 2 rings (SSSR count). The lowest BCUT2D eigenvalue weighted by molar-refractivity contribution is -0.130. The maximum atomic E-state index is 12.3. The molecule has 0 aliphatic carbocycles. The molecule has 1 amide bonds. The van der Waals surface area contributed by atoms with Gasteiger partial charge in [0, 0.05) is 44.7 Å². The smallest absolute Gasteiger partial charge is 0.222 e. The van der Waals surface area contributed by atoms with Gasteiger partial charge in [0.2, 0.25) is 5.91 Å². The molecule has 5 heteroatoms. The predicted molar refractivity (Wildman–Crippen MR) is 95.4 cm³/mol. The standard InChI is InChI=1S/C17H31N3OS/c1-4-9-20-11-8-17(7-6-16(20)21)15-19(10-5-14-22-3)13-12-18(17)2/h4H,1,5-15H2,2-3H3/t17-/m0/s1. The number of thioether (sulfide) groups is 1. The lowest BCUT2D eigenvalue weighted by atomic mass is 9.86. The second-order valence-corrected chi connectivity index (χ2v) is 7.63. The lowest BCUT2D eigenvalue weighted by Gasteiger charge is -2.49. The Hall–Kier alpha value is -0.520. The molecule has 0 radical (unpaired) electrons. The van der Waals surface area contributed by atoms with Crippen LogP contribution in [-0.2, 0) is 4.79 Å². The van der Waals surface area contributed by atoms with E-state index in [0.717, 1.165) is 39.0 Å². The van der Waals surface area contributed by atoms with Crippen molar-refractivity contribution in [3.05, 3.63) is 12.7 Å². The molecule has 0 unspecified atom stereocenters. The van der Waals surface area contributed by atoms with Gasteiger partial charge in [0.05, 0.1) is 0 Å². The van der Waals surface area contributed by atoms with E-state index in [9.17, 15) is 4.79 Å². The molecule has 0 aromatic carbocycles. The van der Waals surface area contributed by atoms with Crippen molar-refractivity contribution in [1.82, 2.24) is 14.7 Å². The highest BCUT2D eigenvalue weighted by molar-refractivity contribution is 7.98. The minimum absolute atomic E-state index is 0.184. The number of nitrogens with zero attached hydrogens (tertiary/aromatic N) is 3. The average Bonchev–Trinajstić information content (AvgIpc) is 2.66. The first kappa shape index (κ1) is 17.8. The normalized spacial score (nSPS) is 28.1. The Morgan fingerprint density at radius 1 is 1.32 bits per heavy atom. The zero-order chi connectivity index (χ0) is 16.0. The number of carbonyl (C=O) groups excluding carboxylic acids is 1. The lowest BCUT2D eigenvalue weighted by Crippen LogP contribution is -2.61. The second-order valence-electron chi connectivity index (χ2n) is 6.65. The van der Waals surface area contributed by atoms with Gasteiger partial charge in [0.1, 0.15) is 0 Å². The average molecular weight is 326 g/mol. The largest absolute Gasteiger partial charge is 0.339 e. The zero-order valence-electron chi connectivity index (χ0n) is 14.2. The highest BCUT2D eigenvalue weighted by atomic mass is 32.2. The Morgan fingerprint density at radius 3 is 2.86 bits per heavy atom. The Kier molecular flexibility index (Phi) is 6.78. The molecule has 0 aromatic rings. The van der Waals surface area contributed by atoms with Crippen molar-refractivity contribution in [3.8, 4) is 0 Å². The van der Waals surface area contributed by atoms with E-state index in [1.807, 2.05) is 22.7 Å². The van der Waals surface area contributed by atoms with Crippen LogP contribution in [0.2, 0.25) is 0 Å². The molecule has 2 saturated heterocycles. The number of amides is 1. The fourth-order valence-electron chi connectivity index (χ4n) is 3.75. The van der Waals surface area contributed by atoms with E-state index in [0.29, 0.717) is 18.9 Å². The van der Waals surface area contributed by atoms with Crippen LogP contribution in [0.3, 0.4) is 0 Å². The summed E-state index contributed by atoms with van der Waals surface area (Å²) in [6.07, 6.45) is 8.04. The van der Waals surface area contributed by atoms with Crippen LogP contribution in [-0.4, -0.2) is 84.5 Å². The Bertz CT molecular complexity index is 390. The molecule has 22 heavy (non-hydrogen) atoms. The van der Waals surface area contributed by atoms with Gasteiger partial charge in [-0.3, -0.25) is 9.69 Å². The maximum absolute atomic E-state index is 12.3. The van der Waals surface area contributed by atoms with E-state index in [4.69, 9.17) is 0 Å². The molecule has 2 aliphatic rings. The SMILES string of the molecule is C=CCN1CC[C@@]2(CCC1=O)CN(CCCSC)CCN2C. The minimum atomic E-state index is 0.184. The molecule has 0 N–H and O–H groups in total. The van der Waals surface area contributed by atoms with Gasteiger partial charge in [0.25, 0.3) is 0 Å². The summed E-state index contributed by atoms with van der Waals surface area (Å²) in [4.78, 5) is 19.4. The molecule has 2 aliphatic heterocycles. The highest BCUT2D eigenvalue weighted by Gasteiger charge is 2.41. The summed E-state index contributed by atoms with van der Waals surface area (Å²) in [5, 5.41) is 0. The van der Waals surface area contributed by atoms with Crippen LogP contribution in [0.1, 0.15) is 25.7 Å². The van der Waals surface area contributed by atoms with Crippen molar-refractivity contribution in [2.24, 2.45) is 0 Å². The van der Waals surface area contributed by atoms with Crippen molar-refractivity contribution >= 4 is 17.7 Å². The first-order valence-electron chi connectivity index (χ1n) is 8.42. The molecule has 2 fully saturated rings. The number of likely N-dealkylation sites (tertiary alicyclic amines) is 1. The summed E-state index contributed by atoms with van der Waals surface area (Å²) in [5.41, 5.74) is 0.184. The van der Waals surface area contributed by atoms with Gasteiger partial charge in [0.15, 0.2) is 0 Å². The molecule has 0 aromatic heterocycles. The number of likely N-dealkylation sites (N-methyl/N-ethyl adjacent to an activating group) is 1. The Morgan fingerprint density at radius 2 is 2.14 bits per heavy atom. The summed E-state index contributed by atoms with van der Waals surface area (Å²) in [6.45, 7) is 9.93. The summed E-state index contributed by atoms with van der Waals surface area (Å²) in [5.74, 6) is 1.54. The van der Waals surface area contributed by atoms with Gasteiger partial charge in [-0.25, -0.2) is 0 Å². The summed E-state index contributed by atoms with van der Waals surface area (Å²) in [6, 6.07) is 0. The third-order valence-electron chi connectivity index (χ3n) is 5.26. The molecule has 1 spiro atoms. The van der Waals surface area contributed by atoms with Crippen molar-refractivity contribution in [1.29, 1.82) is 0 Å². The molecule has 0 saturated carbocycles. The number of carbonyl (C=O) groups is 1. The third-order valence-corrected chi connectivity index (χ3v) is 5.95. The topological polar surface area (TPSA) is 26.8 Å². The summed E-state index contributed by atoms with van der Waals surface area (Å²) >= 11 is 1.93. The van der Waals surface area contributed by atoms with Gasteiger partial charge in [-0.1, -0.05) is 6.08 Å². The zero-order valence-corrected chi connectivity index (χ0v) is 15.0. The van der Waals surface area contributed by atoms with E-state index >= 15 is 0 Å². The fourth-order valence-corrected chi connectivity index (χ4v) is 4.16. The van der Waals surface area contributed by atoms with Gasteiger partial charge in [-0.2, -0.15) is 11.8 Å². The molecule has 4 nitrogen and oxygen atoms in total. The van der Waals surface area contributed by atoms with E-state index < -0.39 is 0 Å². The second kappa shape index (κ2) is 8.37. The van der Waals surface area contributed by atoms with Crippen LogP contribution in [0.5, 0.6) is 0 Å². The number of rotatable bonds is 6. The van der Waals surface area contributed by atoms with Gasteiger partial charge in [-0.05, 0) is 44.9 Å². The first-order chi connectivity index (χ1) is 10.6. The molecule has 126 valence electrons. The number of hydrogen-bond donors (Lipinski definition) is 0. The summed E-state index contributed by atoms with van der Waals surface area (Å²) < 4.78 is 0. The van der Waals surface area contributed by atoms with Gasteiger partial charge < -0.3 is 9.80 Å². The quantitative estimate of drug-likeness (QED) is 0.551. The number of hydrogen-bond acceptors (Lipinski definition) is 4. The maximum Gasteiger partial charge on any atom is 0.222 e. The first-order valence-corrected chi connectivity index (χ1v) is 9.82. The van der Waals surface area contributed by atoms with Crippen LogP contribution in [0, 0.1) is 0 Å². The molecule has 2 heterocycles. The van der Waals surface area contributed by atoms with Gasteiger partial charge in [-0.15, -0.1) is 6.58 Å². The van der Waals surface area contributed by atoms with Gasteiger partial charge >= 0.3 is 0 Å². The van der Waals surface area contributed by atoms with E-state index in [1.54, 1.807) is 0 Å². The molecular weight excluding hydrogens is 294 g/mol. The van der Waals surface area contributed by atoms with E-state index in [-0.39, 0.29) is 5.54 Å². The minimum Gasteiger partial charge on any atom is -0.339 e. The number of piperazine rings is 1. The monoisotopic (exact) mass is 325 g/mol. The van der Waals surface area contributed by atoms with Crippen molar-refractivity contribution in [2.45, 2.75) is 31.2 Å². The molecular formula is C17H31N3OS. The third kappa shape index (κ3) is 4.27. The van der Waals surface area contributed by atoms with E-state index in [1.165, 1.54) is 18.7 Å². The van der Waals surface area contributed by atoms with E-state index in [2.05, 4.69) is 29.7 Å². The van der Waals surface area contributed by atoms with Crippen LogP contribution < -0.4 is 0 Å². The molecule has 1 atom stereocenters. The molecule has 0 bridgehead atoms. The van der Waals surface area contributed by atoms with Crippen molar-refractivity contribution in [3.63, 3.8) is 0 Å². The van der Waals surface area contributed by atoms with Crippen molar-refractivity contribution in [2.75, 3.05) is 58.3 Å². The van der Waals surface area contributed by atoms with Crippen molar-refractivity contribution < 1.29 is 4.79 Å². The fraction of sp³-hybridized carbons (Fsp3) is 0.824. The Balaban J connectivity index is 1.99. The highest BCUT2D eigenvalue weighted by Crippen LogP contribution is 2.32. The van der Waals surface area contributed by atoms with Crippen LogP contribution in [0.25, 0.3) is 0 Å². The van der Waals surface area contributed by atoms with Crippen LogP contribution in [0.15, 0.2) is 12.7 Å².